The largest absolute Gasteiger partial charge is 0.497 e. The molecule has 1 rings (SSSR count). The molecular weight excluding hydrogens is 236 g/mol. The Balaban J connectivity index is 2.96. The van der Waals surface area contributed by atoms with Gasteiger partial charge in [0.05, 0.1) is 14.2 Å². The zero-order valence-corrected chi connectivity index (χ0v) is 12.9. The van der Waals surface area contributed by atoms with E-state index in [1.807, 2.05) is 6.07 Å². The van der Waals surface area contributed by atoms with Crippen molar-refractivity contribution >= 4 is 5.57 Å². The molecule has 0 spiro atoms. The number of rotatable bonds is 7. The van der Waals surface area contributed by atoms with Gasteiger partial charge in [0.2, 0.25) is 0 Å². The molecule has 0 bridgehead atoms. The van der Waals surface area contributed by atoms with E-state index in [4.69, 9.17) is 9.47 Å². The number of allylic oxidation sites excluding steroid dienone is 2. The topological polar surface area (TPSA) is 18.5 Å². The van der Waals surface area contributed by atoms with E-state index in [9.17, 15) is 0 Å². The summed E-state index contributed by atoms with van der Waals surface area (Å²) in [7, 11) is 3.37. The number of unbranched alkanes of at least 4 members (excludes halogenated alkanes) is 2. The molecule has 0 heterocycles. The van der Waals surface area contributed by atoms with E-state index >= 15 is 0 Å². The lowest BCUT2D eigenvalue weighted by Crippen LogP contribution is -1.92. The predicted molar refractivity (Wildman–Crippen MR) is 82.0 cm³/mol. The van der Waals surface area contributed by atoms with Gasteiger partial charge in [0.1, 0.15) is 11.5 Å². The molecule has 106 valence electrons. The first-order chi connectivity index (χ1) is 9.12. The molecule has 19 heavy (non-hydrogen) atoms. The molecule has 1 aromatic carbocycles. The second-order valence-electron chi connectivity index (χ2n) is 4.96. The first-order valence-corrected chi connectivity index (χ1v) is 7.02. The molecule has 0 N–H and O–H groups in total. The van der Waals surface area contributed by atoms with Gasteiger partial charge in [0.25, 0.3) is 0 Å². The van der Waals surface area contributed by atoms with Crippen LogP contribution in [-0.4, -0.2) is 14.2 Å². The van der Waals surface area contributed by atoms with Crippen LogP contribution in [0.15, 0.2) is 23.8 Å². The second kappa shape index (κ2) is 7.88. The molecule has 0 fully saturated rings. The normalized spacial score (nSPS) is 12.1. The van der Waals surface area contributed by atoms with Crippen molar-refractivity contribution < 1.29 is 9.47 Å². The third-order valence-corrected chi connectivity index (χ3v) is 3.58. The molecule has 2 heteroatoms. The maximum Gasteiger partial charge on any atom is 0.123 e. The number of methoxy groups -OCH3 is 2. The Morgan fingerprint density at radius 2 is 1.53 bits per heavy atom. The molecule has 1 aromatic rings. The highest BCUT2D eigenvalue weighted by Crippen LogP contribution is 2.29. The van der Waals surface area contributed by atoms with E-state index in [1.165, 1.54) is 42.4 Å². The van der Waals surface area contributed by atoms with Gasteiger partial charge < -0.3 is 9.47 Å². The number of hydrogen-bond donors (Lipinski definition) is 0. The molecule has 0 unspecified atom stereocenters. The molecule has 0 radical (unpaired) electrons. The molecular formula is C17H26O2. The van der Waals surface area contributed by atoms with Gasteiger partial charge in [0.15, 0.2) is 0 Å². The molecule has 0 atom stereocenters. The number of hydrogen-bond acceptors (Lipinski definition) is 2. The molecule has 0 saturated carbocycles. The summed E-state index contributed by atoms with van der Waals surface area (Å²) in [4.78, 5) is 0. The monoisotopic (exact) mass is 262 g/mol. The summed E-state index contributed by atoms with van der Waals surface area (Å²) >= 11 is 0. The van der Waals surface area contributed by atoms with Crippen molar-refractivity contribution in [2.24, 2.45) is 0 Å². The van der Waals surface area contributed by atoms with E-state index in [0.717, 1.165) is 11.5 Å². The second-order valence-corrected chi connectivity index (χ2v) is 4.96. The third-order valence-electron chi connectivity index (χ3n) is 3.58. The van der Waals surface area contributed by atoms with Crippen LogP contribution in [0.5, 0.6) is 11.5 Å². The Morgan fingerprint density at radius 3 is 2.00 bits per heavy atom. The highest BCUT2D eigenvalue weighted by molar-refractivity contribution is 5.69. The van der Waals surface area contributed by atoms with Crippen molar-refractivity contribution in [2.75, 3.05) is 14.2 Å². The van der Waals surface area contributed by atoms with Crippen molar-refractivity contribution in [1.82, 2.24) is 0 Å². The van der Waals surface area contributed by atoms with Crippen LogP contribution in [0, 0.1) is 0 Å². The Kier molecular flexibility index (Phi) is 6.48. The summed E-state index contributed by atoms with van der Waals surface area (Å²) in [5, 5.41) is 0. The first kappa shape index (κ1) is 15.6. The summed E-state index contributed by atoms with van der Waals surface area (Å²) in [6.45, 7) is 6.63. The fourth-order valence-electron chi connectivity index (χ4n) is 2.10. The van der Waals surface area contributed by atoms with Gasteiger partial charge in [-0.15, -0.1) is 0 Å². The van der Waals surface area contributed by atoms with Gasteiger partial charge in [-0.2, -0.15) is 0 Å². The maximum atomic E-state index is 5.32. The highest BCUT2D eigenvalue weighted by atomic mass is 16.5. The number of ether oxygens (including phenoxy) is 2. The molecule has 0 aliphatic rings. The van der Waals surface area contributed by atoms with Crippen LogP contribution in [-0.2, 0) is 0 Å². The first-order valence-electron chi connectivity index (χ1n) is 7.02. The molecule has 2 nitrogen and oxygen atoms in total. The summed E-state index contributed by atoms with van der Waals surface area (Å²) in [6.07, 6.45) is 4.99. The van der Waals surface area contributed by atoms with E-state index in [2.05, 4.69) is 32.9 Å². The van der Waals surface area contributed by atoms with E-state index in [-0.39, 0.29) is 0 Å². The van der Waals surface area contributed by atoms with Crippen molar-refractivity contribution in [2.45, 2.75) is 46.5 Å². The fraction of sp³-hybridized carbons (Fsp3) is 0.529. The summed E-state index contributed by atoms with van der Waals surface area (Å²) in [6, 6.07) is 6.05. The van der Waals surface area contributed by atoms with E-state index in [1.54, 1.807) is 14.2 Å². The smallest absolute Gasteiger partial charge is 0.123 e. The summed E-state index contributed by atoms with van der Waals surface area (Å²) in [5.74, 6) is 1.69. The zero-order chi connectivity index (χ0) is 14.3. The lowest BCUT2D eigenvalue weighted by atomic mass is 9.98. The average molecular weight is 262 g/mol. The van der Waals surface area contributed by atoms with Gasteiger partial charge in [-0.25, -0.2) is 0 Å². The standard InChI is InChI=1S/C17H26O2/c1-6-7-8-9-13(2)14(3)15-10-16(18-4)12-17(11-15)19-5/h10-12H,6-9H2,1-5H3/b14-13+. The predicted octanol–water partition coefficient (Wildman–Crippen LogP) is 5.08. The van der Waals surface area contributed by atoms with Crippen molar-refractivity contribution in [3.8, 4) is 11.5 Å². The zero-order valence-electron chi connectivity index (χ0n) is 12.9. The minimum atomic E-state index is 0.843. The Morgan fingerprint density at radius 1 is 0.947 bits per heavy atom. The van der Waals surface area contributed by atoms with Crippen molar-refractivity contribution in [3.63, 3.8) is 0 Å². The summed E-state index contributed by atoms with van der Waals surface area (Å²) in [5.41, 5.74) is 3.96. The minimum Gasteiger partial charge on any atom is -0.497 e. The van der Waals surface area contributed by atoms with E-state index < -0.39 is 0 Å². The van der Waals surface area contributed by atoms with Crippen LogP contribution in [0.4, 0.5) is 0 Å². The van der Waals surface area contributed by atoms with Gasteiger partial charge in [-0.1, -0.05) is 25.3 Å². The van der Waals surface area contributed by atoms with Crippen LogP contribution in [0.25, 0.3) is 5.57 Å². The van der Waals surface area contributed by atoms with Crippen molar-refractivity contribution in [3.05, 3.63) is 29.3 Å². The highest BCUT2D eigenvalue weighted by Gasteiger charge is 2.06. The van der Waals surface area contributed by atoms with Crippen LogP contribution < -0.4 is 9.47 Å². The minimum absolute atomic E-state index is 0.843. The SMILES string of the molecule is CCCCC/C(C)=C(\C)c1cc(OC)cc(OC)c1. The van der Waals surface area contributed by atoms with Gasteiger partial charge in [-0.05, 0) is 50.0 Å². The van der Waals surface area contributed by atoms with Crippen molar-refractivity contribution in [1.29, 1.82) is 0 Å². The van der Waals surface area contributed by atoms with Gasteiger partial charge >= 0.3 is 0 Å². The summed E-state index contributed by atoms with van der Waals surface area (Å²) < 4.78 is 10.6. The Hall–Kier alpha value is -1.44. The van der Waals surface area contributed by atoms with Gasteiger partial charge in [0, 0.05) is 6.07 Å². The average Bonchev–Trinajstić information content (AvgIpc) is 2.45. The Bertz CT molecular complexity index is 411. The maximum absolute atomic E-state index is 5.32. The molecule has 0 aliphatic carbocycles. The molecule has 0 amide bonds. The molecule has 0 aromatic heterocycles. The Labute approximate surface area is 117 Å². The van der Waals surface area contributed by atoms with Crippen LogP contribution in [0.1, 0.15) is 52.0 Å². The quantitative estimate of drug-likeness (QED) is 0.638. The van der Waals surface area contributed by atoms with Crippen LogP contribution in [0.2, 0.25) is 0 Å². The lowest BCUT2D eigenvalue weighted by Gasteiger charge is -2.12. The molecule has 0 aliphatic heterocycles. The van der Waals surface area contributed by atoms with Gasteiger partial charge in [-0.3, -0.25) is 0 Å². The lowest BCUT2D eigenvalue weighted by molar-refractivity contribution is 0.394. The van der Waals surface area contributed by atoms with E-state index in [0.29, 0.717) is 0 Å². The van der Waals surface area contributed by atoms with Crippen LogP contribution >= 0.6 is 0 Å². The van der Waals surface area contributed by atoms with Crippen LogP contribution in [0.3, 0.4) is 0 Å². The third kappa shape index (κ3) is 4.62. The fourth-order valence-corrected chi connectivity index (χ4v) is 2.10. The molecule has 0 saturated heterocycles. The number of benzene rings is 1.